The minimum absolute atomic E-state index is 0.00400. The smallest absolute Gasteiger partial charge is 0.228 e. The van der Waals surface area contributed by atoms with Gasteiger partial charge in [-0.25, -0.2) is 4.68 Å². The van der Waals surface area contributed by atoms with E-state index in [0.29, 0.717) is 6.54 Å². The zero-order valence-corrected chi connectivity index (χ0v) is 12.1. The summed E-state index contributed by atoms with van der Waals surface area (Å²) in [5, 5.41) is 10.4. The predicted molar refractivity (Wildman–Crippen MR) is 80.0 cm³/mol. The molecule has 0 aliphatic heterocycles. The number of aryl methyl sites for hydroxylation is 1. The second kappa shape index (κ2) is 6.34. The van der Waals surface area contributed by atoms with Gasteiger partial charge in [-0.1, -0.05) is 19.1 Å². The Balaban J connectivity index is 2.22. The van der Waals surface area contributed by atoms with E-state index >= 15 is 0 Å². The number of amides is 1. The van der Waals surface area contributed by atoms with Crippen LogP contribution in [-0.2, 0) is 4.79 Å². The van der Waals surface area contributed by atoms with Gasteiger partial charge < -0.3 is 10.6 Å². The van der Waals surface area contributed by atoms with Crippen LogP contribution < -0.4 is 10.6 Å². The number of hydrogen-bond acceptors (Lipinski definition) is 3. The van der Waals surface area contributed by atoms with Gasteiger partial charge in [-0.15, -0.1) is 0 Å². The second-order valence-electron chi connectivity index (χ2n) is 4.87. The van der Waals surface area contributed by atoms with Crippen LogP contribution in [0.3, 0.4) is 0 Å². The predicted octanol–water partition coefficient (Wildman–Crippen LogP) is 1.97. The Kier molecular flexibility index (Phi) is 4.53. The molecule has 1 heterocycles. The first-order valence-electron chi connectivity index (χ1n) is 6.69. The van der Waals surface area contributed by atoms with Crippen LogP contribution in [0.1, 0.15) is 12.6 Å². The molecule has 106 valence electrons. The average molecular weight is 272 g/mol. The number of carbonyl (C=O) groups is 1. The first kappa shape index (κ1) is 14.3. The third kappa shape index (κ3) is 3.24. The van der Waals surface area contributed by atoms with Crippen molar-refractivity contribution in [1.29, 1.82) is 0 Å². The van der Waals surface area contributed by atoms with Crippen molar-refractivity contribution in [2.75, 3.05) is 18.9 Å². The highest BCUT2D eigenvalue weighted by Crippen LogP contribution is 2.20. The molecule has 1 aromatic heterocycles. The number of benzene rings is 1. The number of anilines is 1. The molecule has 1 amide bonds. The Hall–Kier alpha value is -2.14. The number of nitrogens with zero attached hydrogens (tertiary/aromatic N) is 2. The molecule has 2 rings (SSSR count). The van der Waals surface area contributed by atoms with Gasteiger partial charge in [-0.2, -0.15) is 5.10 Å². The maximum absolute atomic E-state index is 12.1. The van der Waals surface area contributed by atoms with Gasteiger partial charge >= 0.3 is 0 Å². The van der Waals surface area contributed by atoms with Crippen molar-refractivity contribution in [3.05, 3.63) is 42.2 Å². The zero-order chi connectivity index (χ0) is 14.5. The van der Waals surface area contributed by atoms with Crippen LogP contribution in [0, 0.1) is 12.8 Å². The monoisotopic (exact) mass is 272 g/mol. The maximum atomic E-state index is 12.1. The van der Waals surface area contributed by atoms with E-state index < -0.39 is 0 Å². The molecule has 0 aliphatic rings. The normalized spacial score (nSPS) is 12.2. The highest BCUT2D eigenvalue weighted by molar-refractivity contribution is 5.94. The lowest BCUT2D eigenvalue weighted by Crippen LogP contribution is -2.29. The number of carbonyl (C=O) groups excluding carboxylic acids is 1. The number of nitrogens with one attached hydrogen (secondary N) is 2. The topological polar surface area (TPSA) is 59.0 Å². The Morgan fingerprint density at radius 2 is 2.10 bits per heavy atom. The van der Waals surface area contributed by atoms with Crippen molar-refractivity contribution < 1.29 is 4.79 Å². The summed E-state index contributed by atoms with van der Waals surface area (Å²) in [6.45, 7) is 4.48. The molecule has 2 N–H and O–H groups in total. The molecule has 1 atom stereocenters. The summed E-state index contributed by atoms with van der Waals surface area (Å²) in [5.41, 5.74) is 2.57. The van der Waals surface area contributed by atoms with Gasteiger partial charge in [-0.3, -0.25) is 4.79 Å². The van der Waals surface area contributed by atoms with E-state index in [2.05, 4.69) is 15.7 Å². The Bertz CT molecular complexity index is 591. The number of rotatable bonds is 5. The standard InChI is InChI=1S/C15H20N4O/c1-11(10-16-3)15(20)17-13-6-4-5-7-14(13)19-9-8-12(2)18-19/h4-9,11,16H,10H2,1-3H3,(H,17,20). The van der Waals surface area contributed by atoms with Crippen molar-refractivity contribution in [2.45, 2.75) is 13.8 Å². The summed E-state index contributed by atoms with van der Waals surface area (Å²) in [4.78, 5) is 12.1. The summed E-state index contributed by atoms with van der Waals surface area (Å²) in [7, 11) is 1.84. The van der Waals surface area contributed by atoms with E-state index in [1.54, 1.807) is 4.68 Å². The zero-order valence-electron chi connectivity index (χ0n) is 12.1. The highest BCUT2D eigenvalue weighted by Gasteiger charge is 2.14. The molecule has 5 nitrogen and oxygen atoms in total. The lowest BCUT2D eigenvalue weighted by molar-refractivity contribution is -0.119. The third-order valence-corrected chi connectivity index (χ3v) is 3.09. The quantitative estimate of drug-likeness (QED) is 0.875. The van der Waals surface area contributed by atoms with Crippen molar-refractivity contribution in [3.8, 4) is 5.69 Å². The fourth-order valence-corrected chi connectivity index (χ4v) is 1.98. The molecule has 2 aromatic rings. The van der Waals surface area contributed by atoms with E-state index in [-0.39, 0.29) is 11.8 Å². The van der Waals surface area contributed by atoms with Crippen molar-refractivity contribution in [1.82, 2.24) is 15.1 Å². The molecular formula is C15H20N4O. The largest absolute Gasteiger partial charge is 0.324 e. The molecule has 0 bridgehead atoms. The van der Waals surface area contributed by atoms with Crippen molar-refractivity contribution in [3.63, 3.8) is 0 Å². The minimum atomic E-state index is -0.0904. The van der Waals surface area contributed by atoms with E-state index in [1.807, 2.05) is 57.4 Å². The molecule has 20 heavy (non-hydrogen) atoms. The van der Waals surface area contributed by atoms with E-state index in [1.165, 1.54) is 0 Å². The summed E-state index contributed by atoms with van der Waals surface area (Å²) in [5.74, 6) is -0.0944. The molecule has 1 unspecified atom stereocenters. The van der Waals surface area contributed by atoms with Crippen LogP contribution in [0.15, 0.2) is 36.5 Å². The Labute approximate surface area is 119 Å². The molecule has 1 aromatic carbocycles. The Morgan fingerprint density at radius 1 is 1.35 bits per heavy atom. The van der Waals surface area contributed by atoms with Gasteiger partial charge in [0.25, 0.3) is 0 Å². The minimum Gasteiger partial charge on any atom is -0.324 e. The molecule has 0 fully saturated rings. The fourth-order valence-electron chi connectivity index (χ4n) is 1.98. The first-order chi connectivity index (χ1) is 9.61. The van der Waals surface area contributed by atoms with Crippen LogP contribution in [0.25, 0.3) is 5.69 Å². The van der Waals surface area contributed by atoms with Gasteiger partial charge in [0.2, 0.25) is 5.91 Å². The van der Waals surface area contributed by atoms with Gasteiger partial charge in [0.1, 0.15) is 0 Å². The van der Waals surface area contributed by atoms with Gasteiger partial charge in [-0.05, 0) is 32.2 Å². The van der Waals surface area contributed by atoms with Crippen LogP contribution in [-0.4, -0.2) is 29.3 Å². The SMILES string of the molecule is CNCC(C)C(=O)Nc1ccccc1-n1ccc(C)n1. The van der Waals surface area contributed by atoms with Crippen molar-refractivity contribution in [2.24, 2.45) is 5.92 Å². The number of aromatic nitrogens is 2. The van der Waals surface area contributed by atoms with E-state index in [9.17, 15) is 4.79 Å². The molecular weight excluding hydrogens is 252 g/mol. The summed E-state index contributed by atoms with van der Waals surface area (Å²) < 4.78 is 1.77. The summed E-state index contributed by atoms with van der Waals surface area (Å²) in [6.07, 6.45) is 1.89. The third-order valence-electron chi connectivity index (χ3n) is 3.09. The lowest BCUT2D eigenvalue weighted by Gasteiger charge is -2.14. The summed E-state index contributed by atoms with van der Waals surface area (Å²) >= 11 is 0. The molecule has 0 saturated carbocycles. The van der Waals surface area contributed by atoms with E-state index in [4.69, 9.17) is 0 Å². The second-order valence-corrected chi connectivity index (χ2v) is 4.87. The van der Waals surface area contributed by atoms with Crippen LogP contribution in [0.5, 0.6) is 0 Å². The van der Waals surface area contributed by atoms with Crippen LogP contribution in [0.2, 0.25) is 0 Å². The summed E-state index contributed by atoms with van der Waals surface area (Å²) in [6, 6.07) is 9.58. The lowest BCUT2D eigenvalue weighted by atomic mass is 10.1. The molecule has 0 spiro atoms. The highest BCUT2D eigenvalue weighted by atomic mass is 16.1. The van der Waals surface area contributed by atoms with Crippen LogP contribution in [0.4, 0.5) is 5.69 Å². The average Bonchev–Trinajstić information content (AvgIpc) is 2.86. The van der Waals surface area contributed by atoms with Gasteiger partial charge in [0, 0.05) is 18.7 Å². The molecule has 5 heteroatoms. The number of para-hydroxylation sites is 2. The van der Waals surface area contributed by atoms with Crippen molar-refractivity contribution >= 4 is 11.6 Å². The molecule has 0 radical (unpaired) electrons. The maximum Gasteiger partial charge on any atom is 0.228 e. The Morgan fingerprint density at radius 3 is 2.75 bits per heavy atom. The van der Waals surface area contributed by atoms with Gasteiger partial charge in [0.05, 0.1) is 17.1 Å². The van der Waals surface area contributed by atoms with E-state index in [0.717, 1.165) is 17.1 Å². The molecule has 0 aliphatic carbocycles. The fraction of sp³-hybridized carbons (Fsp3) is 0.333. The van der Waals surface area contributed by atoms with Gasteiger partial charge in [0.15, 0.2) is 0 Å². The molecule has 0 saturated heterocycles. The number of hydrogen-bond donors (Lipinski definition) is 2. The first-order valence-corrected chi connectivity index (χ1v) is 6.69. The van der Waals surface area contributed by atoms with Crippen LogP contribution >= 0.6 is 0 Å².